The van der Waals surface area contributed by atoms with Crippen molar-refractivity contribution in [3.63, 3.8) is 0 Å². The summed E-state index contributed by atoms with van der Waals surface area (Å²) in [5.74, 6) is -0.788. The van der Waals surface area contributed by atoms with E-state index in [-0.39, 0.29) is 29.6 Å². The Morgan fingerprint density at radius 1 is 1.07 bits per heavy atom. The van der Waals surface area contributed by atoms with Gasteiger partial charge in [-0.2, -0.15) is 4.31 Å². The monoisotopic (exact) mass is 404 g/mol. The van der Waals surface area contributed by atoms with Crippen LogP contribution in [0.3, 0.4) is 0 Å². The van der Waals surface area contributed by atoms with Crippen LogP contribution in [0, 0.1) is 0 Å². The van der Waals surface area contributed by atoms with Gasteiger partial charge in [0.1, 0.15) is 10.6 Å². The van der Waals surface area contributed by atoms with Crippen molar-refractivity contribution < 1.29 is 18.0 Å². The number of amides is 2. The maximum atomic E-state index is 12.8. The van der Waals surface area contributed by atoms with E-state index in [2.05, 4.69) is 6.92 Å². The maximum absolute atomic E-state index is 12.8. The van der Waals surface area contributed by atoms with Gasteiger partial charge in [0.25, 0.3) is 11.8 Å². The third-order valence-corrected chi connectivity index (χ3v) is 6.87. The van der Waals surface area contributed by atoms with Crippen LogP contribution in [0.2, 0.25) is 0 Å². The zero-order chi connectivity index (χ0) is 20.5. The van der Waals surface area contributed by atoms with Gasteiger partial charge in [-0.3, -0.25) is 9.59 Å². The first-order valence-corrected chi connectivity index (χ1v) is 10.5. The summed E-state index contributed by atoms with van der Waals surface area (Å²) < 4.78 is 28.4. The number of hydrogen-bond donors (Lipinski definition) is 1. The van der Waals surface area contributed by atoms with Crippen molar-refractivity contribution in [3.05, 3.63) is 53.3 Å². The molecule has 0 radical (unpaired) electrons. The van der Waals surface area contributed by atoms with Gasteiger partial charge in [-0.05, 0) is 30.2 Å². The molecular formula is C19H24N4O4S. The van der Waals surface area contributed by atoms with Crippen LogP contribution in [-0.2, 0) is 23.5 Å². The van der Waals surface area contributed by atoms with E-state index in [1.54, 1.807) is 24.1 Å². The van der Waals surface area contributed by atoms with E-state index in [0.717, 1.165) is 12.0 Å². The molecule has 0 spiro atoms. The first-order chi connectivity index (χ1) is 13.2. The molecule has 0 bridgehead atoms. The van der Waals surface area contributed by atoms with Gasteiger partial charge in [0, 0.05) is 45.0 Å². The molecule has 1 fully saturated rings. The Morgan fingerprint density at radius 3 is 2.18 bits per heavy atom. The summed E-state index contributed by atoms with van der Waals surface area (Å²) in [4.78, 5) is 25.7. The van der Waals surface area contributed by atoms with E-state index in [9.17, 15) is 18.0 Å². The van der Waals surface area contributed by atoms with Crippen molar-refractivity contribution in [1.82, 2.24) is 13.8 Å². The number of hydrogen-bond acceptors (Lipinski definition) is 4. The summed E-state index contributed by atoms with van der Waals surface area (Å²) in [7, 11) is -2.18. The average Bonchev–Trinajstić information content (AvgIpc) is 3.10. The molecule has 0 aliphatic carbocycles. The van der Waals surface area contributed by atoms with Crippen LogP contribution in [0.25, 0.3) is 0 Å². The Morgan fingerprint density at radius 2 is 1.68 bits per heavy atom. The SMILES string of the molecule is CCc1ccc(C(=O)N2CCN(S(=O)(=O)c3cc(C(N)=O)n(C)c3)CC2)cc1. The average molecular weight is 404 g/mol. The van der Waals surface area contributed by atoms with Gasteiger partial charge in [-0.15, -0.1) is 0 Å². The first kappa shape index (κ1) is 20.1. The molecule has 8 nitrogen and oxygen atoms in total. The summed E-state index contributed by atoms with van der Waals surface area (Å²) >= 11 is 0. The lowest BCUT2D eigenvalue weighted by Crippen LogP contribution is -2.50. The summed E-state index contributed by atoms with van der Waals surface area (Å²) in [6, 6.07) is 8.75. The van der Waals surface area contributed by atoms with Crippen LogP contribution in [-0.4, -0.2) is 60.2 Å². The molecule has 2 amide bonds. The molecule has 2 N–H and O–H groups in total. The van der Waals surface area contributed by atoms with Crippen LogP contribution >= 0.6 is 0 Å². The number of nitrogens with zero attached hydrogens (tertiary/aromatic N) is 3. The number of aromatic nitrogens is 1. The minimum absolute atomic E-state index is 0.0266. The zero-order valence-corrected chi connectivity index (χ0v) is 16.8. The molecule has 3 rings (SSSR count). The molecule has 1 aliphatic heterocycles. The van der Waals surface area contributed by atoms with Crippen molar-refractivity contribution in [2.24, 2.45) is 12.8 Å². The topological polar surface area (TPSA) is 106 Å². The normalized spacial score (nSPS) is 15.6. The van der Waals surface area contributed by atoms with Crippen molar-refractivity contribution in [1.29, 1.82) is 0 Å². The number of nitrogens with two attached hydrogens (primary N) is 1. The molecule has 2 heterocycles. The van der Waals surface area contributed by atoms with Crippen LogP contribution in [0.4, 0.5) is 0 Å². The predicted octanol–water partition coefficient (Wildman–Crippen LogP) is 0.833. The van der Waals surface area contributed by atoms with Crippen molar-refractivity contribution in [3.8, 4) is 0 Å². The molecule has 1 aliphatic rings. The van der Waals surface area contributed by atoms with Gasteiger partial charge >= 0.3 is 0 Å². The molecule has 28 heavy (non-hydrogen) atoms. The Labute approximate surface area is 164 Å². The molecule has 0 saturated carbocycles. The Bertz CT molecular complexity index is 987. The van der Waals surface area contributed by atoms with Crippen LogP contribution in [0.5, 0.6) is 0 Å². The zero-order valence-electron chi connectivity index (χ0n) is 16.0. The number of benzene rings is 1. The van der Waals surface area contributed by atoms with Gasteiger partial charge in [-0.1, -0.05) is 19.1 Å². The lowest BCUT2D eigenvalue weighted by Gasteiger charge is -2.33. The van der Waals surface area contributed by atoms with Gasteiger partial charge in [0.2, 0.25) is 10.0 Å². The number of carbonyl (C=O) groups excluding carboxylic acids is 2. The van der Waals surface area contributed by atoms with Gasteiger partial charge < -0.3 is 15.2 Å². The van der Waals surface area contributed by atoms with Crippen LogP contribution in [0.1, 0.15) is 33.3 Å². The van der Waals surface area contributed by atoms with E-state index in [4.69, 9.17) is 5.73 Å². The van der Waals surface area contributed by atoms with Crippen molar-refractivity contribution >= 4 is 21.8 Å². The summed E-state index contributed by atoms with van der Waals surface area (Å²) in [5.41, 5.74) is 7.15. The van der Waals surface area contributed by atoms with E-state index in [1.807, 2.05) is 12.1 Å². The van der Waals surface area contributed by atoms with Crippen LogP contribution in [0.15, 0.2) is 41.4 Å². The molecule has 1 aromatic heterocycles. The summed E-state index contributed by atoms with van der Waals surface area (Å²) in [6.07, 6.45) is 2.28. The number of sulfonamides is 1. The molecule has 2 aromatic rings. The third kappa shape index (κ3) is 3.81. The Kier molecular flexibility index (Phi) is 5.57. The molecule has 1 saturated heterocycles. The highest BCUT2D eigenvalue weighted by atomic mass is 32.2. The number of carbonyl (C=O) groups is 2. The Balaban J connectivity index is 1.69. The molecule has 150 valence electrons. The highest BCUT2D eigenvalue weighted by molar-refractivity contribution is 7.89. The van der Waals surface area contributed by atoms with Gasteiger partial charge in [-0.25, -0.2) is 8.42 Å². The highest BCUT2D eigenvalue weighted by Gasteiger charge is 2.31. The predicted molar refractivity (Wildman–Crippen MR) is 104 cm³/mol. The van der Waals surface area contributed by atoms with Crippen molar-refractivity contribution in [2.45, 2.75) is 18.2 Å². The van der Waals surface area contributed by atoms with E-state index in [0.29, 0.717) is 18.7 Å². The van der Waals surface area contributed by atoms with Gasteiger partial charge in [0.05, 0.1) is 0 Å². The van der Waals surface area contributed by atoms with Crippen LogP contribution < -0.4 is 5.73 Å². The third-order valence-electron chi connectivity index (χ3n) is 5.01. The number of primary amides is 1. The second-order valence-electron chi connectivity index (χ2n) is 6.78. The maximum Gasteiger partial charge on any atom is 0.265 e. The number of rotatable bonds is 5. The summed E-state index contributed by atoms with van der Waals surface area (Å²) in [5, 5.41) is 0. The molecule has 0 unspecified atom stereocenters. The van der Waals surface area contributed by atoms with Gasteiger partial charge in [0.15, 0.2) is 0 Å². The highest BCUT2D eigenvalue weighted by Crippen LogP contribution is 2.20. The molecule has 9 heteroatoms. The van der Waals surface area contributed by atoms with E-state index < -0.39 is 15.9 Å². The standard InChI is InChI=1S/C19H24N4O4S/c1-3-14-4-6-15(7-5-14)19(25)22-8-10-23(11-9-22)28(26,27)16-12-17(18(20)24)21(2)13-16/h4-7,12-13H,3,8-11H2,1-2H3,(H2,20,24). The van der Waals surface area contributed by atoms with E-state index in [1.165, 1.54) is 21.1 Å². The smallest absolute Gasteiger partial charge is 0.265 e. The molecule has 0 atom stereocenters. The Hall–Kier alpha value is -2.65. The fraction of sp³-hybridized carbons (Fsp3) is 0.368. The minimum Gasteiger partial charge on any atom is -0.364 e. The minimum atomic E-state index is -3.75. The number of aryl methyl sites for hydroxylation is 2. The molecular weight excluding hydrogens is 380 g/mol. The largest absolute Gasteiger partial charge is 0.364 e. The second-order valence-corrected chi connectivity index (χ2v) is 8.72. The lowest BCUT2D eigenvalue weighted by atomic mass is 10.1. The fourth-order valence-electron chi connectivity index (χ4n) is 3.27. The summed E-state index contributed by atoms with van der Waals surface area (Å²) in [6.45, 7) is 3.06. The second kappa shape index (κ2) is 7.76. The quantitative estimate of drug-likeness (QED) is 0.797. The fourth-order valence-corrected chi connectivity index (χ4v) is 4.76. The lowest BCUT2D eigenvalue weighted by molar-refractivity contribution is 0.0697. The van der Waals surface area contributed by atoms with E-state index >= 15 is 0 Å². The first-order valence-electron chi connectivity index (χ1n) is 9.08. The van der Waals surface area contributed by atoms with Crippen molar-refractivity contribution in [2.75, 3.05) is 26.2 Å². The molecule has 1 aromatic carbocycles. The number of piperazine rings is 1.